The van der Waals surface area contributed by atoms with Crippen LogP contribution in [0.1, 0.15) is 17.9 Å². The number of oxazole rings is 1. The highest BCUT2D eigenvalue weighted by Crippen LogP contribution is 2.54. The quantitative estimate of drug-likeness (QED) is 0.607. The van der Waals surface area contributed by atoms with E-state index >= 15 is 0 Å². The number of nitrogens with zero attached hydrogens (tertiary/aromatic N) is 1. The number of hydrogen-bond acceptors (Lipinski definition) is 3. The van der Waals surface area contributed by atoms with E-state index in [0.717, 1.165) is 28.9 Å². The molecule has 1 fully saturated rings. The van der Waals surface area contributed by atoms with Gasteiger partial charge in [-0.2, -0.15) is 0 Å². The van der Waals surface area contributed by atoms with Gasteiger partial charge in [-0.25, -0.2) is 4.98 Å². The number of halogens is 2. The van der Waals surface area contributed by atoms with Gasteiger partial charge in [-0.3, -0.25) is 0 Å². The molecule has 1 aliphatic carbocycles. The Kier molecular flexibility index (Phi) is 2.75. The van der Waals surface area contributed by atoms with E-state index in [0.29, 0.717) is 5.92 Å². The Morgan fingerprint density at radius 2 is 2.21 bits per heavy atom. The normalized spacial score (nSPS) is 23.9. The Hall–Kier alpha value is 0.140. The van der Waals surface area contributed by atoms with Crippen molar-refractivity contribution in [1.82, 2.24) is 4.98 Å². The van der Waals surface area contributed by atoms with Gasteiger partial charge in [-0.05, 0) is 20.3 Å². The average molecular weight is 252 g/mol. The molecule has 1 aliphatic rings. The molecular formula is C9H11Cl2NOS. The molecule has 1 heterocycles. The van der Waals surface area contributed by atoms with Gasteiger partial charge in [-0.15, -0.1) is 23.2 Å². The predicted molar refractivity (Wildman–Crippen MR) is 59.2 cm³/mol. The molecule has 0 N–H and O–H groups in total. The maximum atomic E-state index is 5.91. The van der Waals surface area contributed by atoms with E-state index in [9.17, 15) is 0 Å². The summed E-state index contributed by atoms with van der Waals surface area (Å²) in [5, 5.41) is 0.719. The van der Waals surface area contributed by atoms with E-state index in [2.05, 4.69) is 4.98 Å². The molecule has 0 saturated heterocycles. The highest BCUT2D eigenvalue weighted by atomic mass is 35.5. The Balaban J connectivity index is 1.87. The van der Waals surface area contributed by atoms with E-state index in [4.69, 9.17) is 27.6 Å². The van der Waals surface area contributed by atoms with Gasteiger partial charge in [-0.1, -0.05) is 11.8 Å². The molecule has 5 heteroatoms. The van der Waals surface area contributed by atoms with Gasteiger partial charge < -0.3 is 4.42 Å². The Morgan fingerprint density at radius 1 is 1.57 bits per heavy atom. The van der Waals surface area contributed by atoms with Crippen molar-refractivity contribution < 1.29 is 4.42 Å². The van der Waals surface area contributed by atoms with Crippen LogP contribution in [0.15, 0.2) is 9.64 Å². The molecule has 1 aromatic heterocycles. The predicted octanol–water partition coefficient (Wildman–Crippen LogP) is 3.58. The third-order valence-electron chi connectivity index (χ3n) is 2.37. The number of thioether (sulfide) groups is 1. The topological polar surface area (TPSA) is 26.0 Å². The average Bonchev–Trinajstić information content (AvgIpc) is 2.56. The van der Waals surface area contributed by atoms with Crippen LogP contribution >= 0.6 is 35.0 Å². The molecule has 0 spiro atoms. The molecule has 78 valence electrons. The first-order valence-corrected chi connectivity index (χ1v) is 6.18. The fourth-order valence-electron chi connectivity index (χ4n) is 1.13. The summed E-state index contributed by atoms with van der Waals surface area (Å²) < 4.78 is 4.93. The lowest BCUT2D eigenvalue weighted by Gasteiger charge is -1.96. The Labute approximate surface area is 97.4 Å². The summed E-state index contributed by atoms with van der Waals surface area (Å²) >= 11 is 13.4. The first kappa shape index (κ1) is 10.7. The zero-order chi connectivity index (χ0) is 10.3. The summed E-state index contributed by atoms with van der Waals surface area (Å²) in [6, 6.07) is 0. The maximum Gasteiger partial charge on any atom is 0.256 e. The van der Waals surface area contributed by atoms with Crippen LogP contribution in [0.2, 0.25) is 0 Å². The Morgan fingerprint density at radius 3 is 2.64 bits per heavy atom. The molecule has 0 aliphatic heterocycles. The van der Waals surface area contributed by atoms with Crippen molar-refractivity contribution >= 4 is 35.0 Å². The number of aryl methyl sites for hydroxylation is 2. The molecule has 0 bridgehead atoms. The first-order valence-electron chi connectivity index (χ1n) is 4.43. The minimum absolute atomic E-state index is 0.378. The molecule has 1 saturated carbocycles. The fourth-order valence-corrected chi connectivity index (χ4v) is 2.97. The number of alkyl halides is 2. The third-order valence-corrected chi connectivity index (χ3v) is 4.29. The SMILES string of the molecule is Cc1nc(SCC2CC2(Cl)Cl)oc1C. The van der Waals surface area contributed by atoms with Gasteiger partial charge in [0.25, 0.3) is 5.22 Å². The van der Waals surface area contributed by atoms with Crippen LogP contribution in [-0.4, -0.2) is 15.1 Å². The van der Waals surface area contributed by atoms with Gasteiger partial charge in [0, 0.05) is 11.7 Å². The lowest BCUT2D eigenvalue weighted by Crippen LogP contribution is -1.92. The second kappa shape index (κ2) is 3.62. The lowest BCUT2D eigenvalue weighted by atomic mass is 10.4. The van der Waals surface area contributed by atoms with Crippen molar-refractivity contribution in [2.24, 2.45) is 5.92 Å². The highest BCUT2D eigenvalue weighted by molar-refractivity contribution is 7.99. The number of hydrogen-bond donors (Lipinski definition) is 0. The van der Waals surface area contributed by atoms with E-state index in [1.165, 1.54) is 0 Å². The standard InChI is InChI=1S/C9H11Cl2NOS/c1-5-6(2)13-8(12-5)14-4-7-3-9(7,10)11/h7H,3-4H2,1-2H3. The zero-order valence-electron chi connectivity index (χ0n) is 8.01. The molecule has 2 nitrogen and oxygen atoms in total. The van der Waals surface area contributed by atoms with Crippen LogP contribution in [-0.2, 0) is 0 Å². The van der Waals surface area contributed by atoms with Gasteiger partial charge in [0.05, 0.1) is 5.69 Å². The monoisotopic (exact) mass is 251 g/mol. The van der Waals surface area contributed by atoms with E-state index in [1.54, 1.807) is 11.8 Å². The summed E-state index contributed by atoms with van der Waals surface area (Å²) in [6.45, 7) is 3.85. The molecule has 14 heavy (non-hydrogen) atoms. The highest BCUT2D eigenvalue weighted by Gasteiger charge is 2.51. The van der Waals surface area contributed by atoms with Gasteiger partial charge >= 0.3 is 0 Å². The number of rotatable bonds is 3. The van der Waals surface area contributed by atoms with Crippen LogP contribution in [0.3, 0.4) is 0 Å². The molecule has 1 unspecified atom stereocenters. The van der Waals surface area contributed by atoms with Crippen molar-refractivity contribution in [2.75, 3.05) is 5.75 Å². The van der Waals surface area contributed by atoms with Crippen molar-refractivity contribution in [3.63, 3.8) is 0 Å². The molecule has 1 aromatic rings. The molecule has 2 rings (SSSR count). The molecule has 0 amide bonds. The van der Waals surface area contributed by atoms with Crippen LogP contribution in [0, 0.1) is 19.8 Å². The number of aromatic nitrogens is 1. The Bertz CT molecular complexity index is 331. The molecule has 1 atom stereocenters. The smallest absolute Gasteiger partial charge is 0.256 e. The minimum atomic E-state index is -0.496. The van der Waals surface area contributed by atoms with Crippen molar-refractivity contribution in [3.05, 3.63) is 11.5 Å². The van der Waals surface area contributed by atoms with Gasteiger partial charge in [0.1, 0.15) is 10.1 Å². The van der Waals surface area contributed by atoms with Crippen LogP contribution in [0.5, 0.6) is 0 Å². The molecule has 0 aromatic carbocycles. The van der Waals surface area contributed by atoms with Crippen LogP contribution in [0.4, 0.5) is 0 Å². The summed E-state index contributed by atoms with van der Waals surface area (Å²) in [7, 11) is 0. The van der Waals surface area contributed by atoms with E-state index < -0.39 is 4.33 Å². The summed E-state index contributed by atoms with van der Waals surface area (Å²) in [6.07, 6.45) is 0.877. The summed E-state index contributed by atoms with van der Waals surface area (Å²) in [5.74, 6) is 2.14. The van der Waals surface area contributed by atoms with E-state index in [1.807, 2.05) is 13.8 Å². The summed E-state index contributed by atoms with van der Waals surface area (Å²) in [4.78, 5) is 4.27. The van der Waals surface area contributed by atoms with Gasteiger partial charge in [0.15, 0.2) is 0 Å². The van der Waals surface area contributed by atoms with E-state index in [-0.39, 0.29) is 0 Å². The third kappa shape index (κ3) is 2.20. The maximum absolute atomic E-state index is 5.91. The second-order valence-corrected chi connectivity index (χ2v) is 6.11. The largest absolute Gasteiger partial charge is 0.437 e. The van der Waals surface area contributed by atoms with Crippen LogP contribution < -0.4 is 0 Å². The van der Waals surface area contributed by atoms with Crippen molar-refractivity contribution in [1.29, 1.82) is 0 Å². The second-order valence-electron chi connectivity index (χ2n) is 3.59. The van der Waals surface area contributed by atoms with Crippen molar-refractivity contribution in [2.45, 2.75) is 29.8 Å². The van der Waals surface area contributed by atoms with Gasteiger partial charge in [0.2, 0.25) is 0 Å². The fraction of sp³-hybridized carbons (Fsp3) is 0.667. The van der Waals surface area contributed by atoms with Crippen LogP contribution in [0.25, 0.3) is 0 Å². The molecule has 0 radical (unpaired) electrons. The first-order chi connectivity index (χ1) is 6.49. The summed E-state index contributed by atoms with van der Waals surface area (Å²) in [5.41, 5.74) is 0.950. The lowest BCUT2D eigenvalue weighted by molar-refractivity contribution is 0.431. The zero-order valence-corrected chi connectivity index (χ0v) is 10.3. The minimum Gasteiger partial charge on any atom is -0.437 e. The van der Waals surface area contributed by atoms with Crippen molar-refractivity contribution in [3.8, 4) is 0 Å². The molecular weight excluding hydrogens is 241 g/mol.